The molecule has 1 fully saturated rings. The summed E-state index contributed by atoms with van der Waals surface area (Å²) in [5, 5.41) is 113. The minimum Gasteiger partial charge on any atom is -0.504 e. The van der Waals surface area contributed by atoms with E-state index in [0.717, 1.165) is 0 Å². The predicted molar refractivity (Wildman–Crippen MR) is 139 cm³/mol. The van der Waals surface area contributed by atoms with Crippen LogP contribution in [0, 0.1) is 0 Å². The maximum atomic E-state index is 13.5. The van der Waals surface area contributed by atoms with Gasteiger partial charge in [0.2, 0.25) is 17.8 Å². The minimum atomic E-state index is -2.22. The molecule has 18 heteroatoms. The molecule has 0 saturated carbocycles. The Morgan fingerprint density at radius 3 is 1.69 bits per heavy atom. The lowest BCUT2D eigenvalue weighted by atomic mass is 9.91. The van der Waals surface area contributed by atoms with Gasteiger partial charge in [-0.2, -0.15) is 0 Å². The monoisotopic (exact) mass is 634 g/mol. The number of benzene rings is 3. The van der Waals surface area contributed by atoms with Gasteiger partial charge in [-0.25, -0.2) is 14.4 Å². The summed E-state index contributed by atoms with van der Waals surface area (Å²) in [4.78, 5) is 39.4. The van der Waals surface area contributed by atoms with Crippen molar-refractivity contribution in [3.05, 3.63) is 41.0 Å². The molecule has 3 aromatic carbocycles. The number of carbonyl (C=O) groups is 3. The predicted octanol–water partition coefficient (Wildman–Crippen LogP) is -0.297. The molecule has 11 N–H and O–H groups in total. The van der Waals surface area contributed by atoms with E-state index in [-0.39, 0.29) is 0 Å². The number of esters is 3. The van der Waals surface area contributed by atoms with Gasteiger partial charge in [-0.1, -0.05) is 0 Å². The van der Waals surface area contributed by atoms with Gasteiger partial charge in [0.1, 0.15) is 18.8 Å². The van der Waals surface area contributed by atoms with Crippen LogP contribution in [0.1, 0.15) is 31.1 Å². The summed E-state index contributed by atoms with van der Waals surface area (Å²) in [5.41, 5.74) is -4.12. The number of aliphatic hydroxyl groups excluding tert-OH is 2. The molecule has 2 heterocycles. The fourth-order valence-corrected chi connectivity index (χ4v) is 4.71. The van der Waals surface area contributed by atoms with Gasteiger partial charge in [0.15, 0.2) is 52.5 Å². The normalized spacial score (nSPS) is 22.9. The number of phenols is 9. The molecule has 18 nitrogen and oxygen atoms in total. The first-order valence-corrected chi connectivity index (χ1v) is 12.5. The number of hydrogen-bond acceptors (Lipinski definition) is 18. The third-order valence-corrected chi connectivity index (χ3v) is 6.99. The number of cyclic esters (lactones) is 1. The molecule has 3 aromatic rings. The number of fused-ring (bicyclic) bond motifs is 5. The smallest absolute Gasteiger partial charge is 0.340 e. The van der Waals surface area contributed by atoms with Gasteiger partial charge in [0, 0.05) is 11.1 Å². The maximum absolute atomic E-state index is 13.5. The fraction of sp³-hybridized carbons (Fsp3) is 0.222. The molecule has 5 atom stereocenters. The lowest BCUT2D eigenvalue weighted by molar-refractivity contribution is -0.284. The van der Waals surface area contributed by atoms with Crippen LogP contribution >= 0.6 is 0 Å². The highest BCUT2D eigenvalue weighted by molar-refractivity contribution is 6.08. The number of carbonyl (C=O) groups excluding carboxylic acids is 3. The first-order valence-electron chi connectivity index (χ1n) is 12.5. The van der Waals surface area contributed by atoms with Gasteiger partial charge in [0.25, 0.3) is 0 Å². The number of hydrogen-bond donors (Lipinski definition) is 11. The summed E-state index contributed by atoms with van der Waals surface area (Å²) in [6.07, 6.45) is -10.2. The summed E-state index contributed by atoms with van der Waals surface area (Å²) in [7, 11) is 0. The quantitative estimate of drug-likeness (QED) is 0.0979. The van der Waals surface area contributed by atoms with Crippen molar-refractivity contribution >= 4 is 17.9 Å². The zero-order chi connectivity index (χ0) is 33.1. The average molecular weight is 634 g/mol. The Morgan fingerprint density at radius 2 is 1.16 bits per heavy atom. The lowest BCUT2D eigenvalue weighted by Gasteiger charge is -2.41. The van der Waals surface area contributed by atoms with Gasteiger partial charge < -0.3 is 75.1 Å². The van der Waals surface area contributed by atoms with E-state index < -0.39 is 135 Å². The van der Waals surface area contributed by atoms with Crippen molar-refractivity contribution in [2.75, 3.05) is 6.61 Å². The maximum Gasteiger partial charge on any atom is 0.340 e. The van der Waals surface area contributed by atoms with Gasteiger partial charge in [-0.3, -0.25) is 0 Å². The first kappa shape index (κ1) is 30.6. The zero-order valence-electron chi connectivity index (χ0n) is 22.2. The Bertz CT molecular complexity index is 1730. The van der Waals surface area contributed by atoms with Crippen molar-refractivity contribution in [1.82, 2.24) is 0 Å². The van der Waals surface area contributed by atoms with E-state index in [1.807, 2.05) is 0 Å². The van der Waals surface area contributed by atoms with Crippen molar-refractivity contribution in [1.29, 1.82) is 0 Å². The summed E-state index contributed by atoms with van der Waals surface area (Å²) < 4.78 is 20.8. The van der Waals surface area contributed by atoms with Crippen LogP contribution < -0.4 is 0 Å². The highest BCUT2D eigenvalue weighted by atomic mass is 16.7. The van der Waals surface area contributed by atoms with Crippen LogP contribution in [0.4, 0.5) is 0 Å². The van der Waals surface area contributed by atoms with Crippen molar-refractivity contribution < 1.29 is 89.5 Å². The molecule has 45 heavy (non-hydrogen) atoms. The minimum absolute atomic E-state index is 0.508. The molecule has 0 aromatic heterocycles. The van der Waals surface area contributed by atoms with Crippen molar-refractivity contribution in [3.63, 3.8) is 0 Å². The molecule has 0 aliphatic carbocycles. The van der Waals surface area contributed by atoms with E-state index >= 15 is 0 Å². The molecule has 238 valence electrons. The lowest BCUT2D eigenvalue weighted by Crippen LogP contribution is -2.61. The summed E-state index contributed by atoms with van der Waals surface area (Å²) >= 11 is 0. The molecular weight excluding hydrogens is 612 g/mol. The summed E-state index contributed by atoms with van der Waals surface area (Å²) in [5.74, 6) is -14.5. The standard InChI is InChI=1S/C27H22O18/c28-9-1-6(2-10(29)16(9)32)24(39)45-27-22(38)23-19(35)13(43-27)5-42-25(40)7-3-11(30)17(33)20(36)14(7)15-8(26(41)44-23)4-12(31)18(34)21(15)37/h1-4,13,19,22-23,27-38H,5H2/t13?,19-,22-,23-,27+/m1/s1. The van der Waals surface area contributed by atoms with Crippen LogP contribution in [0.5, 0.6) is 51.7 Å². The molecular formula is C27H22O18. The van der Waals surface area contributed by atoms with E-state index in [1.54, 1.807) is 0 Å². The molecule has 2 bridgehead atoms. The average Bonchev–Trinajstić information content (AvgIpc) is 2.99. The Morgan fingerprint density at radius 1 is 0.667 bits per heavy atom. The van der Waals surface area contributed by atoms with Crippen LogP contribution in [-0.2, 0) is 18.9 Å². The van der Waals surface area contributed by atoms with Crippen LogP contribution in [0.3, 0.4) is 0 Å². The number of rotatable bonds is 2. The highest BCUT2D eigenvalue weighted by Crippen LogP contribution is 2.53. The van der Waals surface area contributed by atoms with E-state index in [4.69, 9.17) is 18.9 Å². The first-order chi connectivity index (χ1) is 21.1. The van der Waals surface area contributed by atoms with Gasteiger partial charge in [0.05, 0.1) is 16.7 Å². The Hall–Kier alpha value is -5.85. The molecule has 0 spiro atoms. The molecule has 0 amide bonds. The van der Waals surface area contributed by atoms with Gasteiger partial charge >= 0.3 is 17.9 Å². The van der Waals surface area contributed by atoms with E-state index in [9.17, 15) is 70.6 Å². The number of aliphatic hydroxyl groups is 2. The second-order valence-electron chi connectivity index (χ2n) is 9.79. The third kappa shape index (κ3) is 5.07. The van der Waals surface area contributed by atoms with E-state index in [2.05, 4.69) is 0 Å². The number of aromatic hydroxyl groups is 9. The zero-order valence-corrected chi connectivity index (χ0v) is 22.2. The van der Waals surface area contributed by atoms with Crippen LogP contribution in [-0.4, -0.2) is 111 Å². The summed E-state index contributed by atoms with van der Waals surface area (Å²) in [6, 6.07) is 2.45. The number of ether oxygens (including phenoxy) is 4. The second-order valence-corrected chi connectivity index (χ2v) is 9.79. The Balaban J connectivity index is 1.61. The SMILES string of the molecule is O=C(O[C@@H]1OC2COC(=O)c3cc(O)c(O)c(O)c3-c3c(cc(O)c(O)c3O)C(=O)O[C@@H]([C@H]1O)[C@@H]2O)c1cc(O)c(O)c(O)c1. The van der Waals surface area contributed by atoms with Gasteiger partial charge in [-0.05, 0) is 24.3 Å². The fourth-order valence-electron chi connectivity index (χ4n) is 4.71. The Kier molecular flexibility index (Phi) is 7.49. The molecule has 2 aliphatic heterocycles. The molecule has 2 aliphatic rings. The van der Waals surface area contributed by atoms with Crippen LogP contribution in [0.15, 0.2) is 24.3 Å². The van der Waals surface area contributed by atoms with Crippen molar-refractivity contribution in [2.45, 2.75) is 30.7 Å². The van der Waals surface area contributed by atoms with Gasteiger partial charge in [-0.15, -0.1) is 0 Å². The van der Waals surface area contributed by atoms with Crippen LogP contribution in [0.2, 0.25) is 0 Å². The molecule has 5 rings (SSSR count). The Labute approximate surface area is 248 Å². The highest BCUT2D eigenvalue weighted by Gasteiger charge is 2.50. The second kappa shape index (κ2) is 11.0. The van der Waals surface area contributed by atoms with E-state index in [0.29, 0.717) is 24.3 Å². The largest absolute Gasteiger partial charge is 0.504 e. The van der Waals surface area contributed by atoms with Crippen LogP contribution in [0.25, 0.3) is 11.1 Å². The topological polar surface area (TPSA) is 311 Å². The van der Waals surface area contributed by atoms with E-state index in [1.165, 1.54) is 0 Å². The molecule has 1 unspecified atom stereocenters. The third-order valence-electron chi connectivity index (χ3n) is 6.99. The number of phenolic OH excluding ortho intramolecular Hbond substituents is 9. The van der Waals surface area contributed by atoms with Crippen molar-refractivity contribution in [3.8, 4) is 62.9 Å². The molecule has 0 radical (unpaired) electrons. The molecule has 1 saturated heterocycles. The summed E-state index contributed by atoms with van der Waals surface area (Å²) in [6.45, 7) is -0.947. The van der Waals surface area contributed by atoms with Crippen molar-refractivity contribution in [2.24, 2.45) is 0 Å².